The predicted octanol–water partition coefficient (Wildman–Crippen LogP) is -0.629. The van der Waals surface area contributed by atoms with Crippen LogP contribution in [0.1, 0.15) is 0 Å². The lowest BCUT2D eigenvalue weighted by molar-refractivity contribution is -0.126. The van der Waals surface area contributed by atoms with E-state index in [1.54, 1.807) is 23.1 Å². The molecule has 0 bridgehead atoms. The Morgan fingerprint density at radius 3 is 2.48 bits per heavy atom. The van der Waals surface area contributed by atoms with Crippen LogP contribution in [-0.4, -0.2) is 44.7 Å². The maximum absolute atomic E-state index is 11.7. The van der Waals surface area contributed by atoms with Crippen molar-refractivity contribution >= 4 is 17.6 Å². The first-order valence-corrected chi connectivity index (χ1v) is 6.64. The van der Waals surface area contributed by atoms with Crippen molar-refractivity contribution in [2.75, 3.05) is 18.0 Å². The fourth-order valence-corrected chi connectivity index (χ4v) is 2.87. The van der Waals surface area contributed by atoms with Gasteiger partial charge in [-0.3, -0.25) is 14.9 Å². The number of rotatable bonds is 2. The number of anilines is 1. The van der Waals surface area contributed by atoms with E-state index in [1.165, 1.54) is 6.33 Å². The van der Waals surface area contributed by atoms with Gasteiger partial charge in [-0.05, 0) is 6.07 Å². The molecule has 4 heterocycles. The van der Waals surface area contributed by atoms with E-state index in [1.807, 2.05) is 11.0 Å². The van der Waals surface area contributed by atoms with Gasteiger partial charge in [0.1, 0.15) is 12.1 Å². The van der Waals surface area contributed by atoms with E-state index in [0.29, 0.717) is 24.7 Å². The second-order valence-corrected chi connectivity index (χ2v) is 5.16. The minimum atomic E-state index is -0.277. The molecule has 2 unspecified atom stereocenters. The summed E-state index contributed by atoms with van der Waals surface area (Å²) >= 11 is 0. The van der Waals surface area contributed by atoms with E-state index in [4.69, 9.17) is 0 Å². The predicted molar refractivity (Wildman–Crippen MR) is 71.5 cm³/mol. The van der Waals surface area contributed by atoms with E-state index >= 15 is 0 Å². The summed E-state index contributed by atoms with van der Waals surface area (Å²) < 4.78 is 1.64. The van der Waals surface area contributed by atoms with Gasteiger partial charge in [0.25, 0.3) is 0 Å². The van der Waals surface area contributed by atoms with Crippen molar-refractivity contribution in [1.29, 1.82) is 0 Å². The fourth-order valence-electron chi connectivity index (χ4n) is 2.87. The third-order valence-corrected chi connectivity index (χ3v) is 3.94. The lowest BCUT2D eigenvalue weighted by atomic mass is 10.00. The Kier molecular flexibility index (Phi) is 2.50. The average Bonchev–Trinajstić information content (AvgIpc) is 3.20. The Labute approximate surface area is 119 Å². The van der Waals surface area contributed by atoms with Gasteiger partial charge in [-0.1, -0.05) is 0 Å². The molecule has 2 amide bonds. The molecule has 2 aromatic rings. The van der Waals surface area contributed by atoms with Crippen LogP contribution in [0.4, 0.5) is 5.82 Å². The molecule has 0 spiro atoms. The van der Waals surface area contributed by atoms with Crippen molar-refractivity contribution in [2.24, 2.45) is 11.8 Å². The molecule has 2 aromatic heterocycles. The molecule has 0 aliphatic carbocycles. The lowest BCUT2D eigenvalue weighted by Gasteiger charge is -2.18. The molecule has 2 saturated heterocycles. The van der Waals surface area contributed by atoms with Gasteiger partial charge in [-0.2, -0.15) is 5.10 Å². The highest BCUT2D eigenvalue weighted by molar-refractivity contribution is 6.06. The molecule has 2 fully saturated rings. The highest BCUT2D eigenvalue weighted by Crippen LogP contribution is 2.31. The standard InChI is InChI=1S/C13H12N6O2/c20-12-8-5-18(6-9(8)13(21)17-12)10-4-11(15-7-14-10)19-3-1-2-16-19/h1-4,7-9H,5-6H2,(H,17,20,21). The molecule has 8 nitrogen and oxygen atoms in total. The number of aromatic nitrogens is 4. The molecule has 4 rings (SSSR count). The Morgan fingerprint density at radius 2 is 1.81 bits per heavy atom. The molecule has 0 saturated carbocycles. The molecule has 1 N–H and O–H groups in total. The Balaban J connectivity index is 1.62. The second-order valence-electron chi connectivity index (χ2n) is 5.16. The first kappa shape index (κ1) is 12.0. The summed E-state index contributed by atoms with van der Waals surface area (Å²) in [5, 5.41) is 6.50. The number of hydrogen-bond donors (Lipinski definition) is 1. The summed E-state index contributed by atoms with van der Waals surface area (Å²) in [4.78, 5) is 33.7. The van der Waals surface area contributed by atoms with E-state index in [2.05, 4.69) is 20.4 Å². The number of amides is 2. The number of hydrogen-bond acceptors (Lipinski definition) is 6. The SMILES string of the molecule is O=C1NC(=O)C2CN(c3cc(-n4cccn4)ncn3)CC12. The van der Waals surface area contributed by atoms with Crippen molar-refractivity contribution in [3.05, 3.63) is 30.9 Å². The van der Waals surface area contributed by atoms with Crippen LogP contribution in [0.15, 0.2) is 30.9 Å². The summed E-state index contributed by atoms with van der Waals surface area (Å²) in [5.41, 5.74) is 0. The zero-order valence-corrected chi connectivity index (χ0v) is 11.0. The summed E-state index contributed by atoms with van der Waals surface area (Å²) in [7, 11) is 0. The van der Waals surface area contributed by atoms with Gasteiger partial charge in [0.05, 0.1) is 11.8 Å². The zero-order chi connectivity index (χ0) is 14.4. The van der Waals surface area contributed by atoms with Crippen LogP contribution in [0.5, 0.6) is 0 Å². The van der Waals surface area contributed by atoms with Crippen LogP contribution in [0.25, 0.3) is 5.82 Å². The molecule has 106 valence electrons. The number of carbonyl (C=O) groups is 2. The molecule has 0 radical (unpaired) electrons. The number of nitrogens with zero attached hydrogens (tertiary/aromatic N) is 5. The van der Waals surface area contributed by atoms with Crippen molar-refractivity contribution in [2.45, 2.75) is 0 Å². The lowest BCUT2D eigenvalue weighted by Crippen LogP contribution is -2.31. The Hall–Kier alpha value is -2.77. The van der Waals surface area contributed by atoms with Crippen LogP contribution >= 0.6 is 0 Å². The van der Waals surface area contributed by atoms with E-state index in [9.17, 15) is 9.59 Å². The number of nitrogens with one attached hydrogen (secondary N) is 1. The van der Waals surface area contributed by atoms with Gasteiger partial charge in [0.2, 0.25) is 11.8 Å². The maximum atomic E-state index is 11.7. The summed E-state index contributed by atoms with van der Waals surface area (Å²) in [5.74, 6) is 0.423. The first-order chi connectivity index (χ1) is 10.2. The summed E-state index contributed by atoms with van der Waals surface area (Å²) in [6, 6.07) is 3.61. The van der Waals surface area contributed by atoms with Crippen molar-refractivity contribution in [3.8, 4) is 5.82 Å². The summed E-state index contributed by atoms with van der Waals surface area (Å²) in [6.07, 6.45) is 4.93. The van der Waals surface area contributed by atoms with Gasteiger partial charge < -0.3 is 4.90 Å². The van der Waals surface area contributed by atoms with E-state index in [0.717, 1.165) is 0 Å². The van der Waals surface area contributed by atoms with Gasteiger partial charge >= 0.3 is 0 Å². The highest BCUT2D eigenvalue weighted by Gasteiger charge is 2.48. The maximum Gasteiger partial charge on any atom is 0.232 e. The zero-order valence-electron chi connectivity index (χ0n) is 11.0. The normalized spacial score (nSPS) is 24.3. The molecule has 2 aliphatic rings. The third-order valence-electron chi connectivity index (χ3n) is 3.94. The number of carbonyl (C=O) groups excluding carboxylic acids is 2. The van der Waals surface area contributed by atoms with Crippen LogP contribution < -0.4 is 10.2 Å². The Morgan fingerprint density at radius 1 is 1.10 bits per heavy atom. The van der Waals surface area contributed by atoms with Crippen molar-refractivity contribution in [3.63, 3.8) is 0 Å². The molecule has 21 heavy (non-hydrogen) atoms. The largest absolute Gasteiger partial charge is 0.355 e. The van der Waals surface area contributed by atoms with Gasteiger partial charge in [-0.25, -0.2) is 14.6 Å². The average molecular weight is 284 g/mol. The molecular weight excluding hydrogens is 272 g/mol. The van der Waals surface area contributed by atoms with Gasteiger partial charge in [-0.15, -0.1) is 0 Å². The molecule has 2 aliphatic heterocycles. The van der Waals surface area contributed by atoms with Crippen LogP contribution in [0, 0.1) is 11.8 Å². The molecule has 0 aromatic carbocycles. The number of fused-ring (bicyclic) bond motifs is 1. The van der Waals surface area contributed by atoms with Crippen LogP contribution in [-0.2, 0) is 9.59 Å². The third kappa shape index (κ3) is 1.87. The molecular formula is C13H12N6O2. The first-order valence-electron chi connectivity index (χ1n) is 6.64. The Bertz CT molecular complexity index is 691. The van der Waals surface area contributed by atoms with Crippen molar-refractivity contribution < 1.29 is 9.59 Å². The second kappa shape index (κ2) is 4.37. The van der Waals surface area contributed by atoms with E-state index < -0.39 is 0 Å². The number of imide groups is 1. The van der Waals surface area contributed by atoms with Crippen LogP contribution in [0.2, 0.25) is 0 Å². The molecule has 8 heteroatoms. The van der Waals surface area contributed by atoms with E-state index in [-0.39, 0.29) is 23.7 Å². The van der Waals surface area contributed by atoms with Gasteiger partial charge in [0, 0.05) is 31.5 Å². The van der Waals surface area contributed by atoms with Crippen molar-refractivity contribution in [1.82, 2.24) is 25.1 Å². The fraction of sp³-hybridized carbons (Fsp3) is 0.308. The monoisotopic (exact) mass is 284 g/mol. The highest BCUT2D eigenvalue weighted by atomic mass is 16.2. The quantitative estimate of drug-likeness (QED) is 0.738. The minimum absolute atomic E-state index is 0.186. The summed E-state index contributed by atoms with van der Waals surface area (Å²) in [6.45, 7) is 0.996. The topological polar surface area (TPSA) is 93.0 Å². The smallest absolute Gasteiger partial charge is 0.232 e. The minimum Gasteiger partial charge on any atom is -0.355 e. The van der Waals surface area contributed by atoms with Crippen LogP contribution in [0.3, 0.4) is 0 Å². The van der Waals surface area contributed by atoms with Gasteiger partial charge in [0.15, 0.2) is 5.82 Å². The molecule has 2 atom stereocenters.